The Kier molecular flexibility index (Phi) is 4.16. The van der Waals surface area contributed by atoms with Crippen molar-refractivity contribution in [2.45, 2.75) is 31.6 Å². The van der Waals surface area contributed by atoms with E-state index in [4.69, 9.17) is 0 Å². The fraction of sp³-hybridized carbons (Fsp3) is 0.471. The SMILES string of the molecule is O=C1C[C@@H](CNC[C@H]2CC=CCC2)c2ccccc2N1. The van der Waals surface area contributed by atoms with Crippen molar-refractivity contribution in [3.63, 3.8) is 0 Å². The number of amides is 1. The highest BCUT2D eigenvalue weighted by molar-refractivity contribution is 5.94. The Morgan fingerprint density at radius 2 is 2.10 bits per heavy atom. The van der Waals surface area contributed by atoms with Crippen LogP contribution in [0.25, 0.3) is 0 Å². The number of benzene rings is 1. The topological polar surface area (TPSA) is 41.1 Å². The van der Waals surface area contributed by atoms with E-state index < -0.39 is 0 Å². The van der Waals surface area contributed by atoms with Crippen LogP contribution in [0.4, 0.5) is 5.69 Å². The standard InChI is InChI=1S/C17H22N2O/c20-17-10-14(15-8-4-5-9-16(15)19-17)12-18-11-13-6-2-1-3-7-13/h1-2,4-5,8-9,13-14,18H,3,6-7,10-12H2,(H,19,20)/t13-,14-/m0/s1. The van der Waals surface area contributed by atoms with Gasteiger partial charge in [-0.05, 0) is 43.4 Å². The molecule has 1 aliphatic carbocycles. The van der Waals surface area contributed by atoms with Crippen molar-refractivity contribution in [1.29, 1.82) is 0 Å². The molecule has 2 N–H and O–H groups in total. The summed E-state index contributed by atoms with van der Waals surface area (Å²) >= 11 is 0. The van der Waals surface area contributed by atoms with Gasteiger partial charge in [-0.15, -0.1) is 0 Å². The van der Waals surface area contributed by atoms with Gasteiger partial charge in [0.1, 0.15) is 0 Å². The van der Waals surface area contributed by atoms with Gasteiger partial charge in [0.15, 0.2) is 0 Å². The first kappa shape index (κ1) is 13.4. The van der Waals surface area contributed by atoms with Crippen LogP contribution in [-0.4, -0.2) is 19.0 Å². The predicted octanol–water partition coefficient (Wildman–Crippen LogP) is 3.06. The number of allylic oxidation sites excluding steroid dienone is 2. The highest BCUT2D eigenvalue weighted by Crippen LogP contribution is 2.31. The van der Waals surface area contributed by atoms with E-state index in [1.165, 1.54) is 24.8 Å². The second kappa shape index (κ2) is 6.23. The Hall–Kier alpha value is -1.61. The maximum Gasteiger partial charge on any atom is 0.225 e. The summed E-state index contributed by atoms with van der Waals surface area (Å²) in [7, 11) is 0. The van der Waals surface area contributed by atoms with Crippen LogP contribution in [-0.2, 0) is 4.79 Å². The van der Waals surface area contributed by atoms with Gasteiger partial charge in [0, 0.05) is 24.6 Å². The van der Waals surface area contributed by atoms with Gasteiger partial charge in [0.05, 0.1) is 0 Å². The molecule has 3 rings (SSSR count). The van der Waals surface area contributed by atoms with Gasteiger partial charge in [0.25, 0.3) is 0 Å². The van der Waals surface area contributed by atoms with Gasteiger partial charge in [-0.3, -0.25) is 4.79 Å². The molecule has 1 aliphatic heterocycles. The molecule has 0 radical (unpaired) electrons. The highest BCUT2D eigenvalue weighted by Gasteiger charge is 2.24. The number of rotatable bonds is 4. The number of para-hydroxylation sites is 1. The summed E-state index contributed by atoms with van der Waals surface area (Å²) in [5.41, 5.74) is 2.25. The smallest absolute Gasteiger partial charge is 0.225 e. The van der Waals surface area contributed by atoms with E-state index in [2.05, 4.69) is 34.9 Å². The zero-order chi connectivity index (χ0) is 13.8. The summed E-state index contributed by atoms with van der Waals surface area (Å²) in [6.07, 6.45) is 8.84. The fourth-order valence-corrected chi connectivity index (χ4v) is 3.19. The lowest BCUT2D eigenvalue weighted by molar-refractivity contribution is -0.116. The molecule has 0 aromatic heterocycles. The number of nitrogens with one attached hydrogen (secondary N) is 2. The molecule has 0 unspecified atom stereocenters. The molecule has 3 nitrogen and oxygen atoms in total. The first-order valence-corrected chi connectivity index (χ1v) is 7.57. The summed E-state index contributed by atoms with van der Waals surface area (Å²) in [4.78, 5) is 11.8. The molecule has 3 heteroatoms. The average molecular weight is 270 g/mol. The Bertz CT molecular complexity index is 509. The minimum Gasteiger partial charge on any atom is -0.326 e. The number of carbonyl (C=O) groups is 1. The van der Waals surface area contributed by atoms with E-state index in [1.54, 1.807) is 0 Å². The van der Waals surface area contributed by atoms with E-state index in [9.17, 15) is 4.79 Å². The van der Waals surface area contributed by atoms with Gasteiger partial charge < -0.3 is 10.6 Å². The lowest BCUT2D eigenvalue weighted by atomic mass is 9.90. The van der Waals surface area contributed by atoms with Crippen molar-refractivity contribution in [3.05, 3.63) is 42.0 Å². The van der Waals surface area contributed by atoms with E-state index in [0.717, 1.165) is 24.7 Å². The Morgan fingerprint density at radius 3 is 2.95 bits per heavy atom. The lowest BCUT2D eigenvalue weighted by Gasteiger charge is -2.27. The third-order valence-corrected chi connectivity index (χ3v) is 4.31. The van der Waals surface area contributed by atoms with Gasteiger partial charge in [-0.25, -0.2) is 0 Å². The summed E-state index contributed by atoms with van der Waals surface area (Å²) in [5.74, 6) is 1.20. The molecule has 1 aromatic rings. The van der Waals surface area contributed by atoms with Gasteiger partial charge in [-0.1, -0.05) is 30.4 Å². The van der Waals surface area contributed by atoms with E-state index in [-0.39, 0.29) is 5.91 Å². The summed E-state index contributed by atoms with van der Waals surface area (Å²) in [6.45, 7) is 1.95. The Balaban J connectivity index is 1.57. The van der Waals surface area contributed by atoms with Crippen LogP contribution in [0.2, 0.25) is 0 Å². The van der Waals surface area contributed by atoms with Crippen LogP contribution in [0.1, 0.15) is 37.2 Å². The zero-order valence-corrected chi connectivity index (χ0v) is 11.8. The van der Waals surface area contributed by atoms with E-state index in [1.807, 2.05) is 12.1 Å². The molecule has 1 amide bonds. The van der Waals surface area contributed by atoms with Crippen molar-refractivity contribution in [2.24, 2.45) is 5.92 Å². The molecular weight excluding hydrogens is 248 g/mol. The first-order chi connectivity index (χ1) is 9.83. The third-order valence-electron chi connectivity index (χ3n) is 4.31. The second-order valence-corrected chi connectivity index (χ2v) is 5.85. The summed E-state index contributed by atoms with van der Waals surface area (Å²) < 4.78 is 0. The van der Waals surface area contributed by atoms with Gasteiger partial charge >= 0.3 is 0 Å². The average Bonchev–Trinajstić information content (AvgIpc) is 2.48. The molecule has 20 heavy (non-hydrogen) atoms. The van der Waals surface area contributed by atoms with Crippen LogP contribution < -0.4 is 10.6 Å². The Morgan fingerprint density at radius 1 is 1.20 bits per heavy atom. The van der Waals surface area contributed by atoms with Crippen molar-refractivity contribution in [3.8, 4) is 0 Å². The molecule has 1 heterocycles. The second-order valence-electron chi connectivity index (χ2n) is 5.85. The van der Waals surface area contributed by atoms with Crippen molar-refractivity contribution >= 4 is 11.6 Å². The largest absolute Gasteiger partial charge is 0.326 e. The number of carbonyl (C=O) groups excluding carboxylic acids is 1. The fourth-order valence-electron chi connectivity index (χ4n) is 3.19. The Labute approximate surface area is 120 Å². The molecule has 0 bridgehead atoms. The van der Waals surface area contributed by atoms with E-state index in [0.29, 0.717) is 12.3 Å². The minimum atomic E-state index is 0.135. The number of hydrogen-bond donors (Lipinski definition) is 2. The van der Waals surface area contributed by atoms with Gasteiger partial charge in [-0.2, -0.15) is 0 Å². The number of anilines is 1. The quantitative estimate of drug-likeness (QED) is 0.826. The van der Waals surface area contributed by atoms with Gasteiger partial charge in [0.2, 0.25) is 5.91 Å². The molecule has 1 aromatic carbocycles. The van der Waals surface area contributed by atoms with Crippen molar-refractivity contribution in [2.75, 3.05) is 18.4 Å². The molecule has 0 spiro atoms. The molecule has 2 atom stereocenters. The zero-order valence-electron chi connectivity index (χ0n) is 11.8. The molecule has 0 fully saturated rings. The lowest BCUT2D eigenvalue weighted by Crippen LogP contribution is -2.32. The maximum absolute atomic E-state index is 11.8. The van der Waals surface area contributed by atoms with Crippen LogP contribution in [0.15, 0.2) is 36.4 Å². The number of hydrogen-bond acceptors (Lipinski definition) is 2. The molecule has 2 aliphatic rings. The highest BCUT2D eigenvalue weighted by atomic mass is 16.1. The molecule has 0 saturated heterocycles. The van der Waals surface area contributed by atoms with Crippen LogP contribution in [0.5, 0.6) is 0 Å². The molecule has 106 valence electrons. The van der Waals surface area contributed by atoms with Crippen molar-refractivity contribution < 1.29 is 4.79 Å². The molecule has 0 saturated carbocycles. The monoisotopic (exact) mass is 270 g/mol. The summed E-state index contributed by atoms with van der Waals surface area (Å²) in [5, 5.41) is 6.53. The first-order valence-electron chi connectivity index (χ1n) is 7.57. The van der Waals surface area contributed by atoms with Crippen LogP contribution >= 0.6 is 0 Å². The third kappa shape index (κ3) is 3.10. The summed E-state index contributed by atoms with van der Waals surface area (Å²) in [6, 6.07) is 8.15. The van der Waals surface area contributed by atoms with Crippen molar-refractivity contribution in [1.82, 2.24) is 5.32 Å². The molecular formula is C17H22N2O. The maximum atomic E-state index is 11.8. The normalized spacial score (nSPS) is 25.1. The minimum absolute atomic E-state index is 0.135. The van der Waals surface area contributed by atoms with Crippen LogP contribution in [0, 0.1) is 5.92 Å². The van der Waals surface area contributed by atoms with E-state index >= 15 is 0 Å². The van der Waals surface area contributed by atoms with Crippen LogP contribution in [0.3, 0.4) is 0 Å². The number of fused-ring (bicyclic) bond motifs is 1. The predicted molar refractivity (Wildman–Crippen MR) is 81.8 cm³/mol.